The van der Waals surface area contributed by atoms with Gasteiger partial charge in [-0.25, -0.2) is 4.79 Å². The van der Waals surface area contributed by atoms with Crippen LogP contribution in [0.5, 0.6) is 0 Å². The van der Waals surface area contributed by atoms with Crippen LogP contribution in [0, 0.1) is 0 Å². The summed E-state index contributed by atoms with van der Waals surface area (Å²) < 4.78 is 5.06. The Balaban J connectivity index is 1.24. The molecular formula is C43H35N3O5S. The van der Waals surface area contributed by atoms with E-state index in [4.69, 9.17) is 4.74 Å². The number of hydrogen-bond acceptors (Lipinski definition) is 6. The molecule has 0 saturated heterocycles. The van der Waals surface area contributed by atoms with Gasteiger partial charge in [0.2, 0.25) is 5.91 Å². The summed E-state index contributed by atoms with van der Waals surface area (Å²) in [4.78, 5) is 53.7. The van der Waals surface area contributed by atoms with Crippen molar-refractivity contribution < 1.29 is 23.9 Å². The Bertz CT molecular complexity index is 2230. The van der Waals surface area contributed by atoms with Crippen LogP contribution in [-0.2, 0) is 14.3 Å². The van der Waals surface area contributed by atoms with Crippen molar-refractivity contribution in [3.8, 4) is 0 Å². The fraction of sp³-hybridized carbons (Fsp3) is 0.0698. The van der Waals surface area contributed by atoms with Crippen molar-refractivity contribution in [2.24, 2.45) is 0 Å². The fourth-order valence-electron chi connectivity index (χ4n) is 5.47. The molecule has 0 aliphatic carbocycles. The van der Waals surface area contributed by atoms with Gasteiger partial charge in [0, 0.05) is 21.8 Å². The molecule has 0 radical (unpaired) electrons. The lowest BCUT2D eigenvalue weighted by Crippen LogP contribution is -2.30. The highest BCUT2D eigenvalue weighted by atomic mass is 32.2. The average Bonchev–Trinajstić information content (AvgIpc) is 3.18. The highest BCUT2D eigenvalue weighted by Gasteiger charge is 2.23. The molecule has 3 amide bonds. The summed E-state index contributed by atoms with van der Waals surface area (Å²) in [5, 5.41) is 10.00. The highest BCUT2D eigenvalue weighted by Crippen LogP contribution is 2.37. The highest BCUT2D eigenvalue weighted by molar-refractivity contribution is 8.00. The molecule has 6 aromatic carbocycles. The molecule has 1 atom stereocenters. The quantitative estimate of drug-likeness (QED) is 0.0666. The number of carbonyl (C=O) groups excluding carboxylic acids is 4. The van der Waals surface area contributed by atoms with Crippen molar-refractivity contribution in [3.63, 3.8) is 0 Å². The number of rotatable bonds is 12. The lowest BCUT2D eigenvalue weighted by molar-refractivity contribution is -0.116. The average molecular weight is 706 g/mol. The van der Waals surface area contributed by atoms with Crippen LogP contribution in [0.4, 0.5) is 11.4 Å². The van der Waals surface area contributed by atoms with Gasteiger partial charge in [0.25, 0.3) is 11.8 Å². The summed E-state index contributed by atoms with van der Waals surface area (Å²) in [6, 6.07) is 45.4. The van der Waals surface area contributed by atoms with Crippen molar-refractivity contribution >= 4 is 63.7 Å². The number of nitrogens with one attached hydrogen (secondary N) is 3. The number of amides is 3. The maximum absolute atomic E-state index is 13.9. The van der Waals surface area contributed by atoms with E-state index in [0.29, 0.717) is 22.5 Å². The molecule has 0 aliphatic rings. The fourth-order valence-corrected chi connectivity index (χ4v) is 6.55. The van der Waals surface area contributed by atoms with Crippen LogP contribution >= 0.6 is 11.8 Å². The van der Waals surface area contributed by atoms with Gasteiger partial charge in [0.05, 0.1) is 12.2 Å². The van der Waals surface area contributed by atoms with Gasteiger partial charge >= 0.3 is 5.97 Å². The second-order valence-corrected chi connectivity index (χ2v) is 12.8. The molecule has 0 aromatic heterocycles. The van der Waals surface area contributed by atoms with Gasteiger partial charge in [0.1, 0.15) is 10.9 Å². The topological polar surface area (TPSA) is 114 Å². The first-order valence-electron chi connectivity index (χ1n) is 16.6. The molecule has 0 fully saturated rings. The van der Waals surface area contributed by atoms with Crippen LogP contribution in [-0.4, -0.2) is 30.3 Å². The number of anilines is 2. The van der Waals surface area contributed by atoms with Crippen LogP contribution in [0.15, 0.2) is 162 Å². The largest absolute Gasteiger partial charge is 0.462 e. The van der Waals surface area contributed by atoms with Gasteiger partial charge in [-0.05, 0) is 89.5 Å². The van der Waals surface area contributed by atoms with Crippen LogP contribution in [0.25, 0.3) is 16.8 Å². The van der Waals surface area contributed by atoms with Crippen LogP contribution < -0.4 is 16.0 Å². The molecule has 6 aromatic rings. The molecular weight excluding hydrogens is 671 g/mol. The normalized spacial score (nSPS) is 11.7. The van der Waals surface area contributed by atoms with Crippen LogP contribution in [0.1, 0.15) is 44.0 Å². The summed E-state index contributed by atoms with van der Waals surface area (Å²) in [6.45, 7) is 2.01. The minimum Gasteiger partial charge on any atom is -0.462 e. The number of fused-ring (bicyclic) bond motifs is 1. The lowest BCUT2D eigenvalue weighted by Gasteiger charge is -2.18. The number of benzene rings is 6. The minimum atomic E-state index is -0.649. The SMILES string of the molecule is CCOC(=O)c1ccc(NC(=O)C(Sc2cccc(NC(=O)/C(=C\c3cccc4ccccc34)NC(=O)c3ccccc3)c2)c2ccccc2)cc1. The lowest BCUT2D eigenvalue weighted by atomic mass is 10.0. The second kappa shape index (κ2) is 17.0. The summed E-state index contributed by atoms with van der Waals surface area (Å²) in [7, 11) is 0. The number of hydrogen-bond donors (Lipinski definition) is 3. The van der Waals surface area contributed by atoms with Gasteiger partial charge in [-0.15, -0.1) is 11.8 Å². The molecule has 9 heteroatoms. The molecule has 0 spiro atoms. The molecule has 258 valence electrons. The first-order valence-corrected chi connectivity index (χ1v) is 17.5. The molecule has 0 heterocycles. The van der Waals surface area contributed by atoms with E-state index >= 15 is 0 Å². The molecule has 1 unspecified atom stereocenters. The summed E-state index contributed by atoms with van der Waals surface area (Å²) in [5.74, 6) is -1.62. The molecule has 0 bridgehead atoms. The predicted octanol–water partition coefficient (Wildman–Crippen LogP) is 8.90. The van der Waals surface area contributed by atoms with E-state index in [-0.39, 0.29) is 18.2 Å². The Morgan fingerprint density at radius 2 is 1.35 bits per heavy atom. The Hall–Kier alpha value is -6.45. The first-order chi connectivity index (χ1) is 25.4. The van der Waals surface area contributed by atoms with E-state index in [1.807, 2.05) is 84.9 Å². The third kappa shape index (κ3) is 9.01. The van der Waals surface area contributed by atoms with E-state index in [1.54, 1.807) is 79.7 Å². The summed E-state index contributed by atoms with van der Waals surface area (Å²) in [5.41, 5.74) is 3.44. The van der Waals surface area contributed by atoms with E-state index in [1.165, 1.54) is 11.8 Å². The zero-order chi connectivity index (χ0) is 36.3. The Kier molecular flexibility index (Phi) is 11.5. The number of esters is 1. The Morgan fingerprint density at radius 3 is 2.10 bits per heavy atom. The van der Waals surface area contributed by atoms with E-state index in [2.05, 4.69) is 16.0 Å². The number of carbonyl (C=O) groups is 4. The minimum absolute atomic E-state index is 0.0683. The van der Waals surface area contributed by atoms with Crippen molar-refractivity contribution in [3.05, 3.63) is 180 Å². The van der Waals surface area contributed by atoms with Crippen LogP contribution in [0.2, 0.25) is 0 Å². The second-order valence-electron chi connectivity index (χ2n) is 11.6. The van der Waals surface area contributed by atoms with Gasteiger partial charge in [0.15, 0.2) is 0 Å². The molecule has 0 aliphatic heterocycles. The summed E-state index contributed by atoms with van der Waals surface area (Å²) in [6.07, 6.45) is 1.67. The monoisotopic (exact) mass is 705 g/mol. The van der Waals surface area contributed by atoms with Crippen molar-refractivity contribution in [1.82, 2.24) is 5.32 Å². The van der Waals surface area contributed by atoms with Crippen molar-refractivity contribution in [2.45, 2.75) is 17.1 Å². The zero-order valence-electron chi connectivity index (χ0n) is 28.2. The van der Waals surface area contributed by atoms with Crippen molar-refractivity contribution in [1.29, 1.82) is 0 Å². The molecule has 3 N–H and O–H groups in total. The third-order valence-corrected chi connectivity index (χ3v) is 9.25. The molecule has 52 heavy (non-hydrogen) atoms. The van der Waals surface area contributed by atoms with Gasteiger partial charge < -0.3 is 20.7 Å². The maximum atomic E-state index is 13.9. The van der Waals surface area contributed by atoms with E-state index in [0.717, 1.165) is 26.8 Å². The van der Waals surface area contributed by atoms with E-state index in [9.17, 15) is 19.2 Å². The standard InChI is InChI=1S/C43H35N3O5S/c1-2-51-43(50)32-23-25-34(26-24-32)44-42(49)39(30-14-5-3-6-15-30)52-36-21-12-20-35(28-36)45-41(48)38(46-40(47)31-16-7-4-8-17-31)27-33-19-11-18-29-13-9-10-22-37(29)33/h3-28,39H,2H2,1H3,(H,44,49)(H,45,48)(H,46,47)/b38-27+. The number of thioether (sulfide) groups is 1. The van der Waals surface area contributed by atoms with Gasteiger partial charge in [-0.1, -0.05) is 97.1 Å². The Labute approximate surface area is 305 Å². The maximum Gasteiger partial charge on any atom is 0.338 e. The first kappa shape index (κ1) is 35.4. The third-order valence-electron chi connectivity index (χ3n) is 8.00. The molecule has 0 saturated carbocycles. The number of ether oxygens (including phenoxy) is 1. The summed E-state index contributed by atoms with van der Waals surface area (Å²) >= 11 is 1.32. The Morgan fingerprint density at radius 1 is 0.673 bits per heavy atom. The van der Waals surface area contributed by atoms with Gasteiger partial charge in [-0.3, -0.25) is 14.4 Å². The van der Waals surface area contributed by atoms with Crippen LogP contribution in [0.3, 0.4) is 0 Å². The zero-order valence-corrected chi connectivity index (χ0v) is 29.1. The predicted molar refractivity (Wildman–Crippen MR) is 207 cm³/mol. The van der Waals surface area contributed by atoms with Gasteiger partial charge in [-0.2, -0.15) is 0 Å². The molecule has 6 rings (SSSR count). The molecule has 8 nitrogen and oxygen atoms in total. The van der Waals surface area contributed by atoms with Crippen molar-refractivity contribution in [2.75, 3.05) is 17.2 Å². The smallest absolute Gasteiger partial charge is 0.338 e. The van der Waals surface area contributed by atoms with E-state index < -0.39 is 23.0 Å².